The van der Waals surface area contributed by atoms with Crippen molar-refractivity contribution in [3.8, 4) is 5.75 Å². The van der Waals surface area contributed by atoms with Gasteiger partial charge in [0, 0.05) is 11.1 Å². The summed E-state index contributed by atoms with van der Waals surface area (Å²) in [6.07, 6.45) is 2.88. The number of benzene rings is 2. The van der Waals surface area contributed by atoms with Crippen LogP contribution in [0.1, 0.15) is 15.9 Å². The lowest BCUT2D eigenvalue weighted by molar-refractivity contribution is 0.104. The second-order valence-corrected chi connectivity index (χ2v) is 3.76. The molecule has 0 saturated heterocycles. The molecule has 1 N–H and O–H groups in total. The number of ketones is 1. The van der Waals surface area contributed by atoms with Gasteiger partial charge in [-0.3, -0.25) is 4.79 Å². The number of hydrogen-bond donors (Lipinski definition) is 1. The van der Waals surface area contributed by atoms with Crippen molar-refractivity contribution in [1.82, 2.24) is 0 Å². The zero-order chi connectivity index (χ0) is 13.0. The molecule has 0 aliphatic rings. The number of carbonyl (C=O) groups is 1. The standard InChI is InChI=1S/C15H11FO2/c16-13-8-5-12(6-9-13)15(18)10-7-11-3-1-2-4-14(11)17/h1-10,17H. The molecule has 2 rings (SSSR count). The van der Waals surface area contributed by atoms with Crippen molar-refractivity contribution in [2.24, 2.45) is 0 Å². The van der Waals surface area contributed by atoms with Gasteiger partial charge in [0.2, 0.25) is 0 Å². The van der Waals surface area contributed by atoms with Gasteiger partial charge >= 0.3 is 0 Å². The number of allylic oxidation sites excluding steroid dienone is 1. The minimum atomic E-state index is -0.378. The number of para-hydroxylation sites is 1. The monoisotopic (exact) mass is 242 g/mol. The lowest BCUT2D eigenvalue weighted by atomic mass is 10.1. The summed E-state index contributed by atoms with van der Waals surface area (Å²) in [5.41, 5.74) is 0.969. The van der Waals surface area contributed by atoms with Crippen molar-refractivity contribution < 1.29 is 14.3 Å². The lowest BCUT2D eigenvalue weighted by Crippen LogP contribution is -1.93. The van der Waals surface area contributed by atoms with Gasteiger partial charge in [-0.25, -0.2) is 4.39 Å². The molecule has 0 bridgehead atoms. The van der Waals surface area contributed by atoms with Crippen LogP contribution in [-0.2, 0) is 0 Å². The van der Waals surface area contributed by atoms with Crippen molar-refractivity contribution in [2.75, 3.05) is 0 Å². The molecule has 0 fully saturated rings. The molecule has 18 heavy (non-hydrogen) atoms. The Morgan fingerprint density at radius 1 is 1.06 bits per heavy atom. The van der Waals surface area contributed by atoms with Crippen molar-refractivity contribution in [3.05, 3.63) is 71.6 Å². The average molecular weight is 242 g/mol. The summed E-state index contributed by atoms with van der Waals surface area (Å²) in [7, 11) is 0. The second-order valence-electron chi connectivity index (χ2n) is 3.76. The fraction of sp³-hybridized carbons (Fsp3) is 0. The van der Waals surface area contributed by atoms with E-state index in [1.54, 1.807) is 24.3 Å². The van der Waals surface area contributed by atoms with Gasteiger partial charge in [0.25, 0.3) is 0 Å². The molecule has 0 saturated carbocycles. The molecule has 0 heterocycles. The first-order valence-electron chi connectivity index (χ1n) is 5.43. The summed E-state index contributed by atoms with van der Waals surface area (Å²) >= 11 is 0. The maximum Gasteiger partial charge on any atom is 0.185 e. The third-order valence-electron chi connectivity index (χ3n) is 2.48. The first-order chi connectivity index (χ1) is 8.66. The number of phenols is 1. The number of rotatable bonds is 3. The van der Waals surface area contributed by atoms with Crippen LogP contribution in [0.15, 0.2) is 54.6 Å². The predicted octanol–water partition coefficient (Wildman–Crippen LogP) is 3.43. The fourth-order valence-electron chi connectivity index (χ4n) is 1.50. The highest BCUT2D eigenvalue weighted by Gasteiger charge is 2.02. The molecule has 0 atom stereocenters. The van der Waals surface area contributed by atoms with Crippen LogP contribution in [-0.4, -0.2) is 10.9 Å². The lowest BCUT2D eigenvalue weighted by Gasteiger charge is -1.98. The molecule has 2 aromatic carbocycles. The van der Waals surface area contributed by atoms with E-state index < -0.39 is 0 Å². The number of aromatic hydroxyl groups is 1. The Balaban J connectivity index is 2.17. The number of halogens is 1. The SMILES string of the molecule is O=C(C=Cc1ccccc1O)c1ccc(F)cc1. The molecule has 2 nitrogen and oxygen atoms in total. The largest absolute Gasteiger partial charge is 0.507 e. The average Bonchev–Trinajstić information content (AvgIpc) is 2.38. The second kappa shape index (κ2) is 5.27. The third-order valence-corrected chi connectivity index (χ3v) is 2.48. The molecule has 0 amide bonds. The van der Waals surface area contributed by atoms with Crippen molar-refractivity contribution in [3.63, 3.8) is 0 Å². The first kappa shape index (κ1) is 12.0. The summed E-state index contributed by atoms with van der Waals surface area (Å²) in [6, 6.07) is 12.0. The maximum atomic E-state index is 12.7. The van der Waals surface area contributed by atoms with Gasteiger partial charge in [0.1, 0.15) is 11.6 Å². The molecule has 0 spiro atoms. The van der Waals surface area contributed by atoms with Crippen LogP contribution in [0.25, 0.3) is 6.08 Å². The van der Waals surface area contributed by atoms with Crippen LogP contribution < -0.4 is 0 Å². The van der Waals surface area contributed by atoms with Crippen LogP contribution in [0, 0.1) is 5.82 Å². The van der Waals surface area contributed by atoms with Crippen LogP contribution in [0.5, 0.6) is 5.75 Å². The number of phenolic OH excluding ortho intramolecular Hbond substituents is 1. The zero-order valence-corrected chi connectivity index (χ0v) is 9.51. The molecule has 0 radical (unpaired) electrons. The van der Waals surface area contributed by atoms with E-state index in [1.165, 1.54) is 36.4 Å². The van der Waals surface area contributed by atoms with Gasteiger partial charge in [-0.15, -0.1) is 0 Å². The Kier molecular flexibility index (Phi) is 3.53. The Hall–Kier alpha value is -2.42. The predicted molar refractivity (Wildman–Crippen MR) is 67.9 cm³/mol. The molecule has 0 aliphatic heterocycles. The minimum Gasteiger partial charge on any atom is -0.507 e. The molecule has 2 aromatic rings. The molecular weight excluding hydrogens is 231 g/mol. The van der Waals surface area contributed by atoms with Gasteiger partial charge in [0.05, 0.1) is 0 Å². The Labute approximate surface area is 104 Å². The van der Waals surface area contributed by atoms with E-state index in [1.807, 2.05) is 0 Å². The van der Waals surface area contributed by atoms with Gasteiger partial charge in [-0.1, -0.05) is 18.2 Å². The summed E-state index contributed by atoms with van der Waals surface area (Å²) in [5, 5.41) is 9.52. The van der Waals surface area contributed by atoms with E-state index in [2.05, 4.69) is 0 Å². The summed E-state index contributed by atoms with van der Waals surface area (Å²) in [4.78, 5) is 11.7. The normalized spacial score (nSPS) is 10.7. The first-order valence-corrected chi connectivity index (χ1v) is 5.43. The van der Waals surface area contributed by atoms with Gasteiger partial charge < -0.3 is 5.11 Å². The van der Waals surface area contributed by atoms with Crippen LogP contribution in [0.2, 0.25) is 0 Å². The van der Waals surface area contributed by atoms with Crippen molar-refractivity contribution in [1.29, 1.82) is 0 Å². The highest BCUT2D eigenvalue weighted by molar-refractivity contribution is 6.06. The summed E-state index contributed by atoms with van der Waals surface area (Å²) in [6.45, 7) is 0. The van der Waals surface area contributed by atoms with E-state index in [-0.39, 0.29) is 17.3 Å². The van der Waals surface area contributed by atoms with E-state index in [0.717, 1.165) is 0 Å². The topological polar surface area (TPSA) is 37.3 Å². The number of carbonyl (C=O) groups excluding carboxylic acids is 1. The van der Waals surface area contributed by atoms with E-state index in [4.69, 9.17) is 0 Å². The minimum absolute atomic E-state index is 0.112. The van der Waals surface area contributed by atoms with E-state index >= 15 is 0 Å². The van der Waals surface area contributed by atoms with Gasteiger partial charge in [0.15, 0.2) is 5.78 Å². The smallest absolute Gasteiger partial charge is 0.185 e. The molecule has 0 aromatic heterocycles. The summed E-state index contributed by atoms with van der Waals surface area (Å²) in [5.74, 6) is -0.504. The Morgan fingerprint density at radius 2 is 1.72 bits per heavy atom. The highest BCUT2D eigenvalue weighted by atomic mass is 19.1. The number of hydrogen-bond acceptors (Lipinski definition) is 2. The maximum absolute atomic E-state index is 12.7. The third kappa shape index (κ3) is 2.83. The van der Waals surface area contributed by atoms with Gasteiger partial charge in [-0.05, 0) is 42.5 Å². The van der Waals surface area contributed by atoms with Gasteiger partial charge in [-0.2, -0.15) is 0 Å². The molecule has 90 valence electrons. The summed E-state index contributed by atoms with van der Waals surface area (Å²) < 4.78 is 12.7. The molecule has 0 unspecified atom stereocenters. The van der Waals surface area contributed by atoms with Crippen molar-refractivity contribution >= 4 is 11.9 Å². The molecule has 0 aliphatic carbocycles. The molecular formula is C15H11FO2. The van der Waals surface area contributed by atoms with Crippen LogP contribution in [0.3, 0.4) is 0 Å². The van der Waals surface area contributed by atoms with Crippen LogP contribution in [0.4, 0.5) is 4.39 Å². The molecule has 3 heteroatoms. The fourth-order valence-corrected chi connectivity index (χ4v) is 1.50. The van der Waals surface area contributed by atoms with E-state index in [0.29, 0.717) is 11.1 Å². The van der Waals surface area contributed by atoms with E-state index in [9.17, 15) is 14.3 Å². The van der Waals surface area contributed by atoms with Crippen molar-refractivity contribution in [2.45, 2.75) is 0 Å². The Morgan fingerprint density at radius 3 is 2.39 bits per heavy atom. The highest BCUT2D eigenvalue weighted by Crippen LogP contribution is 2.17. The van der Waals surface area contributed by atoms with Crippen LogP contribution >= 0.6 is 0 Å². The Bertz CT molecular complexity index is 586. The quantitative estimate of drug-likeness (QED) is 0.661. The zero-order valence-electron chi connectivity index (χ0n) is 9.51.